The molecule has 6 heteroatoms. The van der Waals surface area contributed by atoms with Crippen LogP contribution < -0.4 is 5.73 Å². The smallest absolute Gasteiger partial charge is 0.257 e. The summed E-state index contributed by atoms with van der Waals surface area (Å²) in [7, 11) is 0. The Morgan fingerprint density at radius 1 is 1.08 bits per heavy atom. The van der Waals surface area contributed by atoms with Crippen molar-refractivity contribution in [2.75, 3.05) is 0 Å². The Morgan fingerprint density at radius 2 is 1.73 bits per heavy atom. The quantitative estimate of drug-likeness (QED) is 0.818. The molecule has 2 aliphatic rings. The first-order chi connectivity index (χ1) is 12.0. The average molecular weight is 393 g/mol. The number of aliphatic hydroxyl groups is 1. The summed E-state index contributed by atoms with van der Waals surface area (Å²) in [6.07, 6.45) is 3.74. The van der Waals surface area contributed by atoms with Crippen LogP contribution in [0.4, 0.5) is 0 Å². The summed E-state index contributed by atoms with van der Waals surface area (Å²) in [5, 5.41) is 12.4. The Bertz CT molecular complexity index is 812. The van der Waals surface area contributed by atoms with Gasteiger partial charge in [-0.05, 0) is 31.0 Å². The minimum Gasteiger partial charge on any atom is -0.363 e. The Morgan fingerprint density at radius 3 is 2.42 bits per heavy atom. The van der Waals surface area contributed by atoms with Gasteiger partial charge in [0.15, 0.2) is 5.72 Å². The molecule has 0 radical (unpaired) electrons. The molecule has 0 spiro atoms. The highest BCUT2D eigenvalue weighted by Crippen LogP contribution is 2.45. The van der Waals surface area contributed by atoms with E-state index in [1.165, 1.54) is 0 Å². The topological polar surface area (TPSA) is 66.6 Å². The Labute approximate surface area is 164 Å². The minimum atomic E-state index is -1.52. The fraction of sp³-hybridized carbons (Fsp3) is 0.350. The molecule has 2 aromatic carbocycles. The first-order valence-electron chi connectivity index (χ1n) is 8.70. The van der Waals surface area contributed by atoms with Gasteiger partial charge in [0.25, 0.3) is 5.91 Å². The second-order valence-corrected chi connectivity index (χ2v) is 7.35. The summed E-state index contributed by atoms with van der Waals surface area (Å²) in [6.45, 7) is 0. The van der Waals surface area contributed by atoms with Crippen LogP contribution in [0.5, 0.6) is 0 Å². The molecule has 2 aromatic rings. The van der Waals surface area contributed by atoms with Crippen LogP contribution in [0, 0.1) is 0 Å². The predicted octanol–water partition coefficient (Wildman–Crippen LogP) is 3.68. The van der Waals surface area contributed by atoms with Gasteiger partial charge >= 0.3 is 0 Å². The third-order valence-electron chi connectivity index (χ3n) is 5.46. The highest BCUT2D eigenvalue weighted by atomic mass is 35.5. The number of hydrogen-bond donors (Lipinski definition) is 2. The largest absolute Gasteiger partial charge is 0.363 e. The van der Waals surface area contributed by atoms with E-state index >= 15 is 0 Å². The summed E-state index contributed by atoms with van der Waals surface area (Å²) in [5.41, 5.74) is 6.62. The van der Waals surface area contributed by atoms with Crippen LogP contribution in [0.2, 0.25) is 5.02 Å². The molecule has 3 N–H and O–H groups in total. The lowest BCUT2D eigenvalue weighted by Crippen LogP contribution is -2.57. The number of carbonyl (C=O) groups is 1. The molecule has 1 unspecified atom stereocenters. The van der Waals surface area contributed by atoms with E-state index in [1.54, 1.807) is 35.2 Å². The molecule has 3 atom stereocenters. The summed E-state index contributed by atoms with van der Waals surface area (Å²) in [6, 6.07) is 14.0. The number of carbonyl (C=O) groups excluding carboxylic acids is 1. The molecule has 0 aromatic heterocycles. The van der Waals surface area contributed by atoms with Crippen LogP contribution in [0.1, 0.15) is 47.2 Å². The average Bonchev–Trinajstić information content (AvgIpc) is 2.85. The molecule has 1 aliphatic heterocycles. The van der Waals surface area contributed by atoms with Gasteiger partial charge in [0.05, 0.1) is 6.04 Å². The molecular weight excluding hydrogens is 371 g/mol. The lowest BCUT2D eigenvalue weighted by Gasteiger charge is -2.44. The molecule has 1 fully saturated rings. The van der Waals surface area contributed by atoms with Crippen molar-refractivity contribution in [1.82, 2.24) is 4.90 Å². The van der Waals surface area contributed by atoms with Crippen molar-refractivity contribution < 1.29 is 9.90 Å². The van der Waals surface area contributed by atoms with Gasteiger partial charge < -0.3 is 10.8 Å². The zero-order valence-electron chi connectivity index (χ0n) is 14.3. The van der Waals surface area contributed by atoms with Crippen LogP contribution >= 0.6 is 24.0 Å². The summed E-state index contributed by atoms with van der Waals surface area (Å²) in [5.74, 6) is -0.157. The molecule has 1 saturated carbocycles. The maximum atomic E-state index is 13.2. The number of benzene rings is 2. The van der Waals surface area contributed by atoms with Crippen molar-refractivity contribution in [3.8, 4) is 0 Å². The van der Waals surface area contributed by atoms with E-state index in [0.717, 1.165) is 25.7 Å². The standard InChI is InChI=1S/C20H21ClN2O2.ClH/c21-14-11-9-13(10-12-14)20(25)16-6-2-1-5-15(16)19(24)23(20)18-8-4-3-7-17(18)22;/h1-2,5-6,9-12,17-18,25H,3-4,7-8,22H2;1H/t17-,18-,20?;/m0./s1. The molecule has 1 aliphatic carbocycles. The van der Waals surface area contributed by atoms with E-state index in [1.807, 2.05) is 18.2 Å². The van der Waals surface area contributed by atoms with E-state index < -0.39 is 5.72 Å². The van der Waals surface area contributed by atoms with Gasteiger partial charge in [0.1, 0.15) is 0 Å². The summed E-state index contributed by atoms with van der Waals surface area (Å²) in [4.78, 5) is 14.8. The summed E-state index contributed by atoms with van der Waals surface area (Å²) >= 11 is 6.02. The number of rotatable bonds is 2. The minimum absolute atomic E-state index is 0. The Balaban J connectivity index is 0.00000196. The van der Waals surface area contributed by atoms with Crippen LogP contribution in [-0.4, -0.2) is 28.0 Å². The van der Waals surface area contributed by atoms with E-state index in [4.69, 9.17) is 17.3 Å². The maximum absolute atomic E-state index is 13.2. The zero-order chi connectivity index (χ0) is 17.6. The normalized spacial score (nSPS) is 27.8. The molecule has 0 saturated heterocycles. The molecule has 0 bridgehead atoms. The number of amides is 1. The number of halogens is 2. The maximum Gasteiger partial charge on any atom is 0.257 e. The van der Waals surface area contributed by atoms with Gasteiger partial charge in [-0.3, -0.25) is 9.69 Å². The second-order valence-electron chi connectivity index (χ2n) is 6.92. The second kappa shape index (κ2) is 7.20. The molecule has 1 amide bonds. The van der Waals surface area contributed by atoms with Crippen LogP contribution in [0.25, 0.3) is 0 Å². The fourth-order valence-electron chi connectivity index (χ4n) is 4.21. The van der Waals surface area contributed by atoms with Crippen molar-refractivity contribution in [3.05, 3.63) is 70.2 Å². The molecule has 1 heterocycles. The van der Waals surface area contributed by atoms with E-state index in [9.17, 15) is 9.90 Å². The van der Waals surface area contributed by atoms with Crippen molar-refractivity contribution in [2.24, 2.45) is 5.73 Å². The van der Waals surface area contributed by atoms with E-state index in [-0.39, 0.29) is 30.4 Å². The van der Waals surface area contributed by atoms with Gasteiger partial charge in [0, 0.05) is 27.8 Å². The number of hydrogen-bond acceptors (Lipinski definition) is 3. The fourth-order valence-corrected chi connectivity index (χ4v) is 4.33. The van der Waals surface area contributed by atoms with Crippen molar-refractivity contribution in [1.29, 1.82) is 0 Å². The molecule has 4 rings (SSSR count). The van der Waals surface area contributed by atoms with E-state index in [0.29, 0.717) is 21.7 Å². The van der Waals surface area contributed by atoms with Crippen LogP contribution in [0.15, 0.2) is 48.5 Å². The SMILES string of the molecule is Cl.N[C@H]1CCCC[C@@H]1N1C(=O)c2ccccc2C1(O)c1ccc(Cl)cc1. The van der Waals surface area contributed by atoms with Gasteiger partial charge in [-0.1, -0.05) is 54.8 Å². The zero-order valence-corrected chi connectivity index (χ0v) is 15.8. The van der Waals surface area contributed by atoms with Crippen LogP contribution in [0.3, 0.4) is 0 Å². The lowest BCUT2D eigenvalue weighted by atomic mass is 9.87. The molecular formula is C20H22Cl2N2O2. The number of nitrogens with zero attached hydrogens (tertiary/aromatic N) is 1. The number of nitrogens with two attached hydrogens (primary N) is 1. The van der Waals surface area contributed by atoms with Crippen LogP contribution in [-0.2, 0) is 5.72 Å². The predicted molar refractivity (Wildman–Crippen MR) is 105 cm³/mol. The first-order valence-corrected chi connectivity index (χ1v) is 9.08. The van der Waals surface area contributed by atoms with Gasteiger partial charge in [-0.25, -0.2) is 0 Å². The van der Waals surface area contributed by atoms with Crippen molar-refractivity contribution in [2.45, 2.75) is 43.5 Å². The third kappa shape index (κ3) is 2.81. The highest BCUT2D eigenvalue weighted by Gasteiger charge is 2.53. The molecule has 138 valence electrons. The monoisotopic (exact) mass is 392 g/mol. The third-order valence-corrected chi connectivity index (χ3v) is 5.71. The Hall–Kier alpha value is -1.59. The van der Waals surface area contributed by atoms with Crippen molar-refractivity contribution >= 4 is 29.9 Å². The van der Waals surface area contributed by atoms with Crippen molar-refractivity contribution in [3.63, 3.8) is 0 Å². The van der Waals surface area contributed by atoms with Gasteiger partial charge in [-0.2, -0.15) is 0 Å². The molecule has 4 nitrogen and oxygen atoms in total. The lowest BCUT2D eigenvalue weighted by molar-refractivity contribution is -0.0790. The molecule has 26 heavy (non-hydrogen) atoms. The summed E-state index contributed by atoms with van der Waals surface area (Å²) < 4.78 is 0. The highest BCUT2D eigenvalue weighted by molar-refractivity contribution is 6.30. The van der Waals surface area contributed by atoms with Gasteiger partial charge in [-0.15, -0.1) is 12.4 Å². The van der Waals surface area contributed by atoms with E-state index in [2.05, 4.69) is 0 Å². The number of fused-ring (bicyclic) bond motifs is 1. The van der Waals surface area contributed by atoms with Gasteiger partial charge in [0.2, 0.25) is 0 Å². The first kappa shape index (κ1) is 19.2. The Kier molecular flexibility index (Phi) is 5.31.